The zero-order chi connectivity index (χ0) is 14.0. The maximum absolute atomic E-state index is 9.82. The summed E-state index contributed by atoms with van der Waals surface area (Å²) in [6.07, 6.45) is -4.44. The van der Waals surface area contributed by atoms with Crippen molar-refractivity contribution in [2.45, 2.75) is 30.6 Å². The van der Waals surface area contributed by atoms with E-state index in [4.69, 9.17) is 9.84 Å². The van der Waals surface area contributed by atoms with Gasteiger partial charge in [0.2, 0.25) is 0 Å². The van der Waals surface area contributed by atoms with Crippen LogP contribution in [-0.4, -0.2) is 62.7 Å². The van der Waals surface area contributed by atoms with Gasteiger partial charge in [0.05, 0.1) is 6.61 Å². The Kier molecular flexibility index (Phi) is 4.71. The van der Waals surface area contributed by atoms with Crippen molar-refractivity contribution >= 4 is 21.7 Å². The van der Waals surface area contributed by atoms with Crippen LogP contribution in [0.4, 0.5) is 5.82 Å². The highest BCUT2D eigenvalue weighted by Crippen LogP contribution is 2.22. The van der Waals surface area contributed by atoms with Gasteiger partial charge in [0, 0.05) is 10.7 Å². The van der Waals surface area contributed by atoms with Crippen LogP contribution in [0.1, 0.15) is 0 Å². The van der Waals surface area contributed by atoms with Crippen LogP contribution in [0, 0.1) is 0 Å². The predicted molar refractivity (Wildman–Crippen MR) is 69.3 cm³/mol. The van der Waals surface area contributed by atoms with Gasteiger partial charge in [-0.25, -0.2) is 4.98 Å². The second-order valence-corrected chi connectivity index (χ2v) is 5.17. The lowest BCUT2D eigenvalue weighted by molar-refractivity contribution is -0.221. The lowest BCUT2D eigenvalue weighted by atomic mass is 9.98. The maximum Gasteiger partial charge on any atom is 0.158 e. The first-order chi connectivity index (χ1) is 9.02. The fraction of sp³-hybridized carbons (Fsp3) is 0.545. The Morgan fingerprint density at radius 3 is 2.53 bits per heavy atom. The molecular weight excluding hydrogens is 320 g/mol. The average molecular weight is 335 g/mol. The topological polar surface area (TPSA) is 115 Å². The molecule has 1 aromatic rings. The molecular formula is C11H15BrN2O5. The van der Waals surface area contributed by atoms with Crippen LogP contribution >= 0.6 is 15.9 Å². The van der Waals surface area contributed by atoms with Gasteiger partial charge in [0.25, 0.3) is 0 Å². The summed E-state index contributed by atoms with van der Waals surface area (Å²) in [5.41, 5.74) is 0. The highest BCUT2D eigenvalue weighted by atomic mass is 79.9. The van der Waals surface area contributed by atoms with Gasteiger partial charge in [0.15, 0.2) is 6.23 Å². The number of halogens is 1. The molecule has 0 saturated carbocycles. The Labute approximate surface area is 118 Å². The van der Waals surface area contributed by atoms with Crippen molar-refractivity contribution in [2.24, 2.45) is 0 Å². The predicted octanol–water partition coefficient (Wildman–Crippen LogP) is -0.944. The molecule has 1 fully saturated rings. The summed E-state index contributed by atoms with van der Waals surface area (Å²) in [4.78, 5) is 4.05. The standard InChI is InChI=1S/C11H15BrN2O5/c12-5-1-2-7(13-3-5)14-11-10(18)9(17)8(16)6(4-15)19-11/h1-3,6,8-11,15-18H,4H2,(H,13,14)/t6-,8-,9-,10+,11-/m0/s1. The van der Waals surface area contributed by atoms with Crippen molar-refractivity contribution in [2.75, 3.05) is 11.9 Å². The number of pyridine rings is 1. The summed E-state index contributed by atoms with van der Waals surface area (Å²) in [7, 11) is 0. The monoisotopic (exact) mass is 334 g/mol. The van der Waals surface area contributed by atoms with Gasteiger partial charge < -0.3 is 30.5 Å². The van der Waals surface area contributed by atoms with Crippen molar-refractivity contribution in [3.8, 4) is 0 Å². The Balaban J connectivity index is 2.08. The Morgan fingerprint density at radius 1 is 1.21 bits per heavy atom. The number of rotatable bonds is 3. The molecule has 2 rings (SSSR count). The molecule has 1 saturated heterocycles. The van der Waals surface area contributed by atoms with Crippen LogP contribution in [-0.2, 0) is 4.74 Å². The molecule has 5 N–H and O–H groups in total. The van der Waals surface area contributed by atoms with Crippen molar-refractivity contribution < 1.29 is 25.2 Å². The highest BCUT2D eigenvalue weighted by Gasteiger charge is 2.43. The lowest BCUT2D eigenvalue weighted by Gasteiger charge is -2.40. The number of hydrogen-bond donors (Lipinski definition) is 5. The van der Waals surface area contributed by atoms with Gasteiger partial charge in [-0.15, -0.1) is 0 Å². The van der Waals surface area contributed by atoms with E-state index in [1.54, 1.807) is 18.3 Å². The lowest BCUT2D eigenvalue weighted by Crippen LogP contribution is -2.60. The molecule has 2 heterocycles. The zero-order valence-electron chi connectivity index (χ0n) is 9.85. The van der Waals surface area contributed by atoms with Crippen LogP contribution in [0.2, 0.25) is 0 Å². The summed E-state index contributed by atoms with van der Waals surface area (Å²) >= 11 is 3.24. The van der Waals surface area contributed by atoms with E-state index in [-0.39, 0.29) is 0 Å². The largest absolute Gasteiger partial charge is 0.394 e. The van der Waals surface area contributed by atoms with E-state index >= 15 is 0 Å². The first-order valence-electron chi connectivity index (χ1n) is 5.71. The third kappa shape index (κ3) is 3.22. The van der Waals surface area contributed by atoms with Crippen LogP contribution in [0.3, 0.4) is 0 Å². The summed E-state index contributed by atoms with van der Waals surface area (Å²) in [5.74, 6) is 0.438. The van der Waals surface area contributed by atoms with E-state index in [0.29, 0.717) is 5.82 Å². The molecule has 5 atom stereocenters. The number of nitrogens with zero attached hydrogens (tertiary/aromatic N) is 1. The molecule has 0 amide bonds. The fourth-order valence-corrected chi connectivity index (χ4v) is 2.06. The summed E-state index contributed by atoms with van der Waals surface area (Å²) in [6, 6.07) is 3.41. The second kappa shape index (κ2) is 6.12. The summed E-state index contributed by atoms with van der Waals surface area (Å²) < 4.78 is 6.09. The van der Waals surface area contributed by atoms with Crippen LogP contribution < -0.4 is 5.32 Å². The van der Waals surface area contributed by atoms with Gasteiger partial charge in [-0.05, 0) is 28.1 Å². The van der Waals surface area contributed by atoms with Gasteiger partial charge in [-0.1, -0.05) is 0 Å². The Hall–Kier alpha value is -0.770. The smallest absolute Gasteiger partial charge is 0.158 e. The molecule has 0 spiro atoms. The molecule has 0 unspecified atom stereocenters. The van der Waals surface area contributed by atoms with E-state index < -0.39 is 37.3 Å². The highest BCUT2D eigenvalue weighted by molar-refractivity contribution is 9.10. The molecule has 0 aromatic carbocycles. The molecule has 0 bridgehead atoms. The third-order valence-corrected chi connectivity index (χ3v) is 3.38. The number of anilines is 1. The van der Waals surface area contributed by atoms with Crippen molar-refractivity contribution in [1.82, 2.24) is 4.98 Å². The van der Waals surface area contributed by atoms with Crippen LogP contribution in [0.15, 0.2) is 22.8 Å². The normalized spacial score (nSPS) is 35.1. The maximum atomic E-state index is 9.82. The average Bonchev–Trinajstić information content (AvgIpc) is 2.42. The molecule has 7 nitrogen and oxygen atoms in total. The molecule has 0 radical (unpaired) electrons. The Morgan fingerprint density at radius 2 is 1.95 bits per heavy atom. The SMILES string of the molecule is OC[C@@H]1O[C@H](Nc2ccc(Br)cn2)[C@H](O)[C@@H](O)[C@H]1O. The van der Waals surface area contributed by atoms with Crippen LogP contribution in [0.25, 0.3) is 0 Å². The van der Waals surface area contributed by atoms with Gasteiger partial charge >= 0.3 is 0 Å². The van der Waals surface area contributed by atoms with E-state index in [0.717, 1.165) is 4.47 Å². The number of aromatic nitrogens is 1. The Bertz CT molecular complexity index is 416. The van der Waals surface area contributed by atoms with E-state index in [1.807, 2.05) is 0 Å². The number of nitrogens with one attached hydrogen (secondary N) is 1. The van der Waals surface area contributed by atoms with Gasteiger partial charge in [-0.3, -0.25) is 0 Å². The number of hydrogen-bond acceptors (Lipinski definition) is 7. The summed E-state index contributed by atoms with van der Waals surface area (Å²) in [6.45, 7) is -0.461. The minimum absolute atomic E-state index is 0.438. The number of aliphatic hydroxyl groups excluding tert-OH is 4. The second-order valence-electron chi connectivity index (χ2n) is 4.26. The quantitative estimate of drug-likeness (QED) is 0.484. The van der Waals surface area contributed by atoms with Gasteiger partial charge in [0.1, 0.15) is 30.2 Å². The molecule has 19 heavy (non-hydrogen) atoms. The van der Waals surface area contributed by atoms with Crippen molar-refractivity contribution in [3.63, 3.8) is 0 Å². The fourth-order valence-electron chi connectivity index (χ4n) is 1.83. The molecule has 8 heteroatoms. The van der Waals surface area contributed by atoms with E-state index in [1.165, 1.54) is 0 Å². The molecule has 0 aliphatic carbocycles. The van der Waals surface area contributed by atoms with Crippen molar-refractivity contribution in [1.29, 1.82) is 0 Å². The third-order valence-electron chi connectivity index (χ3n) is 2.91. The minimum atomic E-state index is -1.40. The molecule has 1 aliphatic rings. The number of aliphatic hydroxyl groups is 4. The summed E-state index contributed by atoms with van der Waals surface area (Å²) in [5, 5.41) is 40.9. The van der Waals surface area contributed by atoms with Crippen molar-refractivity contribution in [3.05, 3.63) is 22.8 Å². The first kappa shape index (κ1) is 14.6. The van der Waals surface area contributed by atoms with Gasteiger partial charge in [-0.2, -0.15) is 0 Å². The van der Waals surface area contributed by atoms with Crippen LogP contribution in [0.5, 0.6) is 0 Å². The number of ether oxygens (including phenoxy) is 1. The van der Waals surface area contributed by atoms with E-state index in [9.17, 15) is 15.3 Å². The van der Waals surface area contributed by atoms with E-state index in [2.05, 4.69) is 26.2 Å². The minimum Gasteiger partial charge on any atom is -0.394 e. The molecule has 1 aliphatic heterocycles. The molecule has 1 aromatic heterocycles. The zero-order valence-corrected chi connectivity index (χ0v) is 11.4. The first-order valence-corrected chi connectivity index (χ1v) is 6.51. The molecule has 106 valence electrons.